The number of anilines is 1. The summed E-state index contributed by atoms with van der Waals surface area (Å²) in [5, 5.41) is 1.10. The SMILES string of the molecule is Cc1ccc(Sc2nc3ccc(N)cc3c(=O)[nH]2)cc1C. The number of fused-ring (bicyclic) bond motifs is 1. The van der Waals surface area contributed by atoms with Crippen LogP contribution < -0.4 is 11.3 Å². The van der Waals surface area contributed by atoms with Gasteiger partial charge in [0.05, 0.1) is 10.9 Å². The summed E-state index contributed by atoms with van der Waals surface area (Å²) in [5.74, 6) is 0. The third-order valence-corrected chi connectivity index (χ3v) is 4.28. The van der Waals surface area contributed by atoms with Gasteiger partial charge in [0.25, 0.3) is 5.56 Å². The predicted octanol–water partition coefficient (Wildman–Crippen LogP) is 3.27. The van der Waals surface area contributed by atoms with Crippen LogP contribution in [0.5, 0.6) is 0 Å². The Morgan fingerprint density at radius 2 is 1.90 bits per heavy atom. The second kappa shape index (κ2) is 5.26. The Morgan fingerprint density at radius 3 is 2.67 bits per heavy atom. The maximum atomic E-state index is 12.1. The number of H-pyrrole nitrogens is 1. The number of nitrogens with one attached hydrogen (secondary N) is 1. The summed E-state index contributed by atoms with van der Waals surface area (Å²) < 4.78 is 0. The molecule has 5 heteroatoms. The van der Waals surface area contributed by atoms with Crippen molar-refractivity contribution in [2.24, 2.45) is 0 Å². The van der Waals surface area contributed by atoms with Crippen molar-refractivity contribution in [3.63, 3.8) is 0 Å². The monoisotopic (exact) mass is 297 g/mol. The molecular weight excluding hydrogens is 282 g/mol. The first-order chi connectivity index (χ1) is 10.0. The van der Waals surface area contributed by atoms with Gasteiger partial charge < -0.3 is 10.7 Å². The Kier molecular flexibility index (Phi) is 3.43. The van der Waals surface area contributed by atoms with Gasteiger partial charge in [-0.25, -0.2) is 4.98 Å². The van der Waals surface area contributed by atoms with Crippen LogP contribution in [0.2, 0.25) is 0 Å². The van der Waals surface area contributed by atoms with E-state index in [2.05, 4.69) is 35.9 Å². The van der Waals surface area contributed by atoms with Crippen molar-refractivity contribution in [1.29, 1.82) is 0 Å². The predicted molar refractivity (Wildman–Crippen MR) is 86.8 cm³/mol. The quantitative estimate of drug-likeness (QED) is 0.562. The maximum absolute atomic E-state index is 12.1. The Hall–Kier alpha value is -2.27. The van der Waals surface area contributed by atoms with Crippen LogP contribution in [0.15, 0.2) is 51.2 Å². The maximum Gasteiger partial charge on any atom is 0.259 e. The van der Waals surface area contributed by atoms with Crippen LogP contribution in [0.25, 0.3) is 10.9 Å². The highest BCUT2D eigenvalue weighted by atomic mass is 32.2. The van der Waals surface area contributed by atoms with Crippen LogP contribution in [0.4, 0.5) is 5.69 Å². The lowest BCUT2D eigenvalue weighted by atomic mass is 10.1. The Morgan fingerprint density at radius 1 is 1.10 bits per heavy atom. The second-order valence-corrected chi connectivity index (χ2v) is 6.06. The van der Waals surface area contributed by atoms with Crippen LogP contribution >= 0.6 is 11.8 Å². The third-order valence-electron chi connectivity index (χ3n) is 3.40. The highest BCUT2D eigenvalue weighted by Crippen LogP contribution is 2.26. The van der Waals surface area contributed by atoms with Gasteiger partial charge in [0.2, 0.25) is 0 Å². The fourth-order valence-electron chi connectivity index (χ4n) is 2.07. The standard InChI is InChI=1S/C16H15N3OS/c1-9-3-5-12(7-10(9)2)21-16-18-14-6-4-11(17)8-13(14)15(20)19-16/h3-8H,17H2,1-2H3,(H,18,19,20). The summed E-state index contributed by atoms with van der Waals surface area (Å²) in [7, 11) is 0. The van der Waals surface area contributed by atoms with Gasteiger partial charge >= 0.3 is 0 Å². The number of aryl methyl sites for hydroxylation is 2. The van der Waals surface area contributed by atoms with Crippen molar-refractivity contribution >= 4 is 28.4 Å². The van der Waals surface area contributed by atoms with E-state index in [-0.39, 0.29) is 5.56 Å². The van der Waals surface area contributed by atoms with E-state index in [1.165, 1.54) is 22.9 Å². The van der Waals surface area contributed by atoms with Crippen LogP contribution in [0.1, 0.15) is 11.1 Å². The molecule has 1 heterocycles. The van der Waals surface area contributed by atoms with Crippen molar-refractivity contribution in [3.8, 4) is 0 Å². The van der Waals surface area contributed by atoms with E-state index in [0.717, 1.165) is 4.90 Å². The summed E-state index contributed by atoms with van der Waals surface area (Å²) in [6.07, 6.45) is 0. The number of aromatic nitrogens is 2. The van der Waals surface area contributed by atoms with E-state index in [1.54, 1.807) is 18.2 Å². The lowest BCUT2D eigenvalue weighted by Gasteiger charge is -2.05. The minimum Gasteiger partial charge on any atom is -0.399 e. The second-order valence-electron chi connectivity index (χ2n) is 5.00. The van der Waals surface area contributed by atoms with Crippen LogP contribution in [0.3, 0.4) is 0 Å². The molecule has 0 saturated carbocycles. The Labute approximate surface area is 126 Å². The number of hydrogen-bond donors (Lipinski definition) is 2. The lowest BCUT2D eigenvalue weighted by molar-refractivity contribution is 0.974. The van der Waals surface area contributed by atoms with E-state index in [4.69, 9.17) is 5.73 Å². The van der Waals surface area contributed by atoms with Gasteiger partial charge in [-0.15, -0.1) is 0 Å². The molecule has 0 bridgehead atoms. The largest absolute Gasteiger partial charge is 0.399 e. The van der Waals surface area contributed by atoms with Gasteiger partial charge in [-0.1, -0.05) is 17.8 Å². The van der Waals surface area contributed by atoms with Crippen molar-refractivity contribution in [1.82, 2.24) is 9.97 Å². The average Bonchev–Trinajstić information content (AvgIpc) is 2.44. The molecule has 3 rings (SSSR count). The zero-order valence-electron chi connectivity index (χ0n) is 11.8. The Balaban J connectivity index is 2.03. The van der Waals surface area contributed by atoms with E-state index in [9.17, 15) is 4.79 Å². The van der Waals surface area contributed by atoms with Crippen LogP contribution in [-0.2, 0) is 0 Å². The van der Waals surface area contributed by atoms with Crippen molar-refractivity contribution in [2.45, 2.75) is 23.9 Å². The van der Waals surface area contributed by atoms with Gasteiger partial charge in [-0.3, -0.25) is 4.79 Å². The van der Waals surface area contributed by atoms with E-state index < -0.39 is 0 Å². The minimum absolute atomic E-state index is 0.168. The molecule has 0 amide bonds. The first-order valence-corrected chi connectivity index (χ1v) is 7.39. The first-order valence-electron chi connectivity index (χ1n) is 6.57. The van der Waals surface area contributed by atoms with Crippen molar-refractivity contribution in [2.75, 3.05) is 5.73 Å². The topological polar surface area (TPSA) is 71.8 Å². The fourth-order valence-corrected chi connectivity index (χ4v) is 2.95. The molecule has 0 aliphatic carbocycles. The molecule has 0 unspecified atom stereocenters. The summed E-state index contributed by atoms with van der Waals surface area (Å²) in [5.41, 5.74) is 9.21. The summed E-state index contributed by atoms with van der Waals surface area (Å²) >= 11 is 1.45. The molecule has 21 heavy (non-hydrogen) atoms. The molecule has 3 N–H and O–H groups in total. The number of hydrogen-bond acceptors (Lipinski definition) is 4. The van der Waals surface area contributed by atoms with E-state index in [0.29, 0.717) is 21.7 Å². The van der Waals surface area contributed by atoms with E-state index >= 15 is 0 Å². The fraction of sp³-hybridized carbons (Fsp3) is 0.125. The van der Waals surface area contributed by atoms with Gasteiger partial charge in [-0.2, -0.15) is 0 Å². The van der Waals surface area contributed by atoms with Gasteiger partial charge in [0, 0.05) is 10.6 Å². The van der Waals surface area contributed by atoms with Crippen molar-refractivity contribution < 1.29 is 0 Å². The van der Waals surface area contributed by atoms with Gasteiger partial charge in [-0.05, 0) is 55.3 Å². The molecule has 106 valence electrons. The number of nitrogens with two attached hydrogens (primary N) is 1. The summed E-state index contributed by atoms with van der Waals surface area (Å²) in [4.78, 5) is 20.4. The molecule has 4 nitrogen and oxygen atoms in total. The zero-order valence-corrected chi connectivity index (χ0v) is 12.6. The number of aromatic amines is 1. The third kappa shape index (κ3) is 2.78. The number of nitrogen functional groups attached to an aromatic ring is 1. The summed E-state index contributed by atoms with van der Waals surface area (Å²) in [6, 6.07) is 11.3. The van der Waals surface area contributed by atoms with Crippen molar-refractivity contribution in [3.05, 3.63) is 57.9 Å². The number of rotatable bonds is 2. The molecular formula is C16H15N3OS. The van der Waals surface area contributed by atoms with Gasteiger partial charge in [0.1, 0.15) is 0 Å². The molecule has 1 aromatic heterocycles. The molecule has 3 aromatic rings. The molecule has 2 aromatic carbocycles. The number of benzene rings is 2. The Bertz CT molecular complexity index is 886. The highest BCUT2D eigenvalue weighted by Gasteiger charge is 2.06. The molecule has 0 radical (unpaired) electrons. The molecule has 0 spiro atoms. The highest BCUT2D eigenvalue weighted by molar-refractivity contribution is 7.99. The first kappa shape index (κ1) is 13.7. The molecule has 0 aliphatic heterocycles. The smallest absolute Gasteiger partial charge is 0.259 e. The van der Waals surface area contributed by atoms with Gasteiger partial charge in [0.15, 0.2) is 5.16 Å². The van der Waals surface area contributed by atoms with E-state index in [1.807, 2.05) is 6.07 Å². The molecule has 0 aliphatic rings. The minimum atomic E-state index is -0.168. The zero-order chi connectivity index (χ0) is 15.0. The number of nitrogens with zero attached hydrogens (tertiary/aromatic N) is 1. The van der Waals surface area contributed by atoms with Crippen LogP contribution in [0, 0.1) is 13.8 Å². The normalized spacial score (nSPS) is 11.0. The average molecular weight is 297 g/mol. The molecule has 0 atom stereocenters. The molecule has 0 fully saturated rings. The lowest BCUT2D eigenvalue weighted by Crippen LogP contribution is -2.09. The molecule has 0 saturated heterocycles. The summed E-state index contributed by atoms with van der Waals surface area (Å²) in [6.45, 7) is 4.14. The van der Waals surface area contributed by atoms with Crippen LogP contribution in [-0.4, -0.2) is 9.97 Å².